The van der Waals surface area contributed by atoms with Crippen molar-refractivity contribution in [3.05, 3.63) is 23.8 Å². The van der Waals surface area contributed by atoms with E-state index >= 15 is 0 Å². The number of amides is 2. The summed E-state index contributed by atoms with van der Waals surface area (Å²) in [4.78, 5) is 25.2. The lowest BCUT2D eigenvalue weighted by molar-refractivity contribution is -0.117. The minimum atomic E-state index is -1.07. The molecule has 0 aromatic heterocycles. The quantitative estimate of drug-likeness (QED) is 0.897. The van der Waals surface area contributed by atoms with Crippen molar-refractivity contribution < 1.29 is 27.8 Å². The highest BCUT2D eigenvalue weighted by atomic mass is 19.2. The van der Waals surface area contributed by atoms with Gasteiger partial charge in [-0.2, -0.15) is 0 Å². The van der Waals surface area contributed by atoms with Gasteiger partial charge in [-0.05, 0) is 27.2 Å². The highest BCUT2D eigenvalue weighted by molar-refractivity contribution is 5.97. The van der Waals surface area contributed by atoms with Crippen LogP contribution < -0.4 is 15.0 Å². The molecule has 6 nitrogen and oxygen atoms in total. The van der Waals surface area contributed by atoms with E-state index in [0.717, 1.165) is 12.1 Å². The number of halogens is 2. The van der Waals surface area contributed by atoms with E-state index in [9.17, 15) is 18.4 Å². The molecule has 1 aromatic carbocycles. The van der Waals surface area contributed by atoms with Crippen molar-refractivity contribution in [1.82, 2.24) is 5.32 Å². The molecule has 132 valence electrons. The fraction of sp³-hybridized carbons (Fsp3) is 0.500. The standard InChI is InChI=1S/C16H20F2N2O4/c1-16(2,3)24-15(22)19-9-14(21)20-5-4-6-23-13-8-11(18)10(17)7-12(13)20/h7-8H,4-6,9H2,1-3H3,(H,19,22). The first-order valence-corrected chi connectivity index (χ1v) is 7.56. The van der Waals surface area contributed by atoms with Crippen molar-refractivity contribution >= 4 is 17.7 Å². The predicted octanol–water partition coefficient (Wildman–Crippen LogP) is 2.61. The van der Waals surface area contributed by atoms with Gasteiger partial charge in [0.05, 0.1) is 12.3 Å². The molecule has 0 atom stereocenters. The molecule has 0 aliphatic carbocycles. The fourth-order valence-electron chi connectivity index (χ4n) is 2.19. The van der Waals surface area contributed by atoms with Gasteiger partial charge < -0.3 is 19.7 Å². The Morgan fingerprint density at radius 3 is 2.62 bits per heavy atom. The zero-order chi connectivity index (χ0) is 17.9. The van der Waals surface area contributed by atoms with Crippen LogP contribution in [0.2, 0.25) is 0 Å². The van der Waals surface area contributed by atoms with Crippen LogP contribution in [-0.4, -0.2) is 37.3 Å². The lowest BCUT2D eigenvalue weighted by Gasteiger charge is -2.23. The molecule has 0 unspecified atom stereocenters. The molecule has 0 saturated heterocycles. The number of nitrogens with one attached hydrogen (secondary N) is 1. The van der Waals surface area contributed by atoms with Crippen molar-refractivity contribution in [2.75, 3.05) is 24.6 Å². The Bertz CT molecular complexity index is 644. The Hall–Kier alpha value is -2.38. The van der Waals surface area contributed by atoms with Gasteiger partial charge in [-0.25, -0.2) is 13.6 Å². The zero-order valence-corrected chi connectivity index (χ0v) is 13.8. The van der Waals surface area contributed by atoms with E-state index in [1.165, 1.54) is 4.90 Å². The molecule has 0 fully saturated rings. The Balaban J connectivity index is 2.10. The molecule has 8 heteroatoms. The predicted molar refractivity (Wildman–Crippen MR) is 83.1 cm³/mol. The van der Waals surface area contributed by atoms with E-state index in [4.69, 9.17) is 9.47 Å². The van der Waals surface area contributed by atoms with Crippen LogP contribution in [0.15, 0.2) is 12.1 Å². The van der Waals surface area contributed by atoms with Gasteiger partial charge in [0.25, 0.3) is 0 Å². The monoisotopic (exact) mass is 342 g/mol. The van der Waals surface area contributed by atoms with Gasteiger partial charge in [0.1, 0.15) is 17.9 Å². The van der Waals surface area contributed by atoms with Gasteiger partial charge in [-0.3, -0.25) is 4.79 Å². The molecule has 2 rings (SSSR count). The van der Waals surface area contributed by atoms with Crippen LogP contribution in [-0.2, 0) is 9.53 Å². The first-order valence-electron chi connectivity index (χ1n) is 7.56. The third-order valence-electron chi connectivity index (χ3n) is 3.16. The normalized spacial score (nSPS) is 14.3. The van der Waals surface area contributed by atoms with E-state index in [1.54, 1.807) is 20.8 Å². The number of alkyl carbamates (subject to hydrolysis) is 1. The lowest BCUT2D eigenvalue weighted by Crippen LogP contribution is -2.42. The summed E-state index contributed by atoms with van der Waals surface area (Å²) in [5.41, 5.74) is -0.543. The maximum atomic E-state index is 13.5. The molecule has 24 heavy (non-hydrogen) atoms. The van der Waals surface area contributed by atoms with Crippen LogP contribution in [0.1, 0.15) is 27.2 Å². The second-order valence-corrected chi connectivity index (χ2v) is 6.34. The minimum absolute atomic E-state index is 0.0945. The van der Waals surface area contributed by atoms with Crippen molar-refractivity contribution in [2.45, 2.75) is 32.8 Å². The van der Waals surface area contributed by atoms with Crippen molar-refractivity contribution in [3.63, 3.8) is 0 Å². The van der Waals surface area contributed by atoms with Gasteiger partial charge in [0.15, 0.2) is 11.6 Å². The summed E-state index contributed by atoms with van der Waals surface area (Å²) < 4.78 is 37.3. The summed E-state index contributed by atoms with van der Waals surface area (Å²) in [6.45, 7) is 5.33. The third kappa shape index (κ3) is 4.56. The number of hydrogen-bond acceptors (Lipinski definition) is 4. The summed E-state index contributed by atoms with van der Waals surface area (Å²) in [7, 11) is 0. The lowest BCUT2D eigenvalue weighted by atomic mass is 10.2. The number of anilines is 1. The molecular weight excluding hydrogens is 322 g/mol. The average molecular weight is 342 g/mol. The van der Waals surface area contributed by atoms with Crippen LogP contribution >= 0.6 is 0 Å². The summed E-state index contributed by atoms with van der Waals surface area (Å²) >= 11 is 0. The van der Waals surface area contributed by atoms with Gasteiger partial charge in [0.2, 0.25) is 5.91 Å². The third-order valence-corrected chi connectivity index (χ3v) is 3.16. The van der Waals surface area contributed by atoms with Gasteiger partial charge in [0, 0.05) is 18.7 Å². The number of fused-ring (bicyclic) bond motifs is 1. The topological polar surface area (TPSA) is 67.9 Å². The Morgan fingerprint density at radius 2 is 1.96 bits per heavy atom. The van der Waals surface area contributed by atoms with E-state index in [2.05, 4.69) is 5.32 Å². The number of benzene rings is 1. The summed E-state index contributed by atoms with van der Waals surface area (Å²) in [6, 6.07) is 1.83. The van der Waals surface area contributed by atoms with Crippen molar-refractivity contribution in [2.24, 2.45) is 0 Å². The smallest absolute Gasteiger partial charge is 0.408 e. The average Bonchev–Trinajstić information content (AvgIpc) is 2.66. The molecule has 0 spiro atoms. The van der Waals surface area contributed by atoms with Crippen LogP contribution in [0.4, 0.5) is 19.3 Å². The maximum absolute atomic E-state index is 13.5. The highest BCUT2D eigenvalue weighted by Gasteiger charge is 2.25. The second-order valence-electron chi connectivity index (χ2n) is 6.34. The molecule has 1 heterocycles. The SMILES string of the molecule is CC(C)(C)OC(=O)NCC(=O)N1CCCOc2cc(F)c(F)cc21. The number of rotatable bonds is 2. The number of hydrogen-bond donors (Lipinski definition) is 1. The van der Waals surface area contributed by atoms with E-state index < -0.39 is 29.2 Å². The van der Waals surface area contributed by atoms with Gasteiger partial charge in [-0.15, -0.1) is 0 Å². The number of carbonyl (C=O) groups excluding carboxylic acids is 2. The Morgan fingerprint density at radius 1 is 1.29 bits per heavy atom. The Labute approximate surface area is 138 Å². The number of carbonyl (C=O) groups is 2. The molecule has 1 aliphatic rings. The van der Waals surface area contributed by atoms with Crippen LogP contribution in [0.5, 0.6) is 5.75 Å². The minimum Gasteiger partial charge on any atom is -0.491 e. The van der Waals surface area contributed by atoms with Gasteiger partial charge >= 0.3 is 6.09 Å². The second kappa shape index (κ2) is 7.02. The molecule has 0 bridgehead atoms. The highest BCUT2D eigenvalue weighted by Crippen LogP contribution is 2.33. The Kier molecular flexibility index (Phi) is 5.26. The molecular formula is C16H20F2N2O4. The number of ether oxygens (including phenoxy) is 2. The first-order chi connectivity index (χ1) is 11.2. The summed E-state index contributed by atoms with van der Waals surface area (Å²) in [5.74, 6) is -2.50. The molecule has 2 amide bonds. The van der Waals surface area contributed by atoms with E-state index in [0.29, 0.717) is 6.42 Å². The van der Waals surface area contributed by atoms with Crippen LogP contribution in [0, 0.1) is 11.6 Å². The molecule has 1 aromatic rings. The molecule has 0 saturated carbocycles. The van der Waals surface area contributed by atoms with Gasteiger partial charge in [-0.1, -0.05) is 0 Å². The molecule has 1 N–H and O–H groups in total. The van der Waals surface area contributed by atoms with E-state index in [1.807, 2.05) is 0 Å². The van der Waals surface area contributed by atoms with Crippen LogP contribution in [0.25, 0.3) is 0 Å². The first kappa shape index (κ1) is 18.0. The molecule has 0 radical (unpaired) electrons. The maximum Gasteiger partial charge on any atom is 0.408 e. The van der Waals surface area contributed by atoms with Crippen LogP contribution in [0.3, 0.4) is 0 Å². The van der Waals surface area contributed by atoms with Crippen molar-refractivity contribution in [1.29, 1.82) is 0 Å². The van der Waals surface area contributed by atoms with Crippen molar-refractivity contribution in [3.8, 4) is 5.75 Å². The summed E-state index contributed by atoms with van der Waals surface area (Å²) in [6.07, 6.45) is -0.233. The van der Waals surface area contributed by atoms with E-state index in [-0.39, 0.29) is 31.1 Å². The summed E-state index contributed by atoms with van der Waals surface area (Å²) in [5, 5.41) is 2.35. The zero-order valence-electron chi connectivity index (χ0n) is 13.8. The number of nitrogens with zero attached hydrogens (tertiary/aromatic N) is 1. The largest absolute Gasteiger partial charge is 0.491 e. The fourth-order valence-corrected chi connectivity index (χ4v) is 2.19. The molecule has 1 aliphatic heterocycles.